The van der Waals surface area contributed by atoms with Gasteiger partial charge in [-0.25, -0.2) is 0 Å². The van der Waals surface area contributed by atoms with Crippen LogP contribution in [-0.2, 0) is 0 Å². The van der Waals surface area contributed by atoms with Crippen molar-refractivity contribution in [1.29, 1.82) is 0 Å². The molecule has 1 aromatic heterocycles. The quantitative estimate of drug-likeness (QED) is 0.703. The van der Waals surface area contributed by atoms with Crippen LogP contribution in [0.4, 0.5) is 0 Å². The number of H-pyrrole nitrogens is 1. The number of fused-ring (bicyclic) bond motifs is 1. The standard InChI is InChI=1S/C16H16N2/c17-10-14(12-6-2-1-3-7-12)15-11-18-16-9-5-4-8-13(15)16/h1-9,11,14,18H,10,17H2/p+1/t14-/m0/s1. The second-order valence-electron chi connectivity index (χ2n) is 4.54. The van der Waals surface area contributed by atoms with Crippen molar-refractivity contribution in [1.82, 2.24) is 4.98 Å². The summed E-state index contributed by atoms with van der Waals surface area (Å²) in [5.41, 5.74) is 7.98. The molecule has 2 aromatic carbocycles. The van der Waals surface area contributed by atoms with Gasteiger partial charge in [0, 0.05) is 17.1 Å². The van der Waals surface area contributed by atoms with Gasteiger partial charge in [0.05, 0.1) is 12.5 Å². The van der Waals surface area contributed by atoms with Crippen LogP contribution in [0, 0.1) is 0 Å². The Morgan fingerprint density at radius 1 is 0.944 bits per heavy atom. The molecule has 0 unspecified atom stereocenters. The molecule has 2 nitrogen and oxygen atoms in total. The Bertz CT molecular complexity index is 640. The van der Waals surface area contributed by atoms with Crippen LogP contribution in [0.5, 0.6) is 0 Å². The molecule has 0 saturated carbocycles. The highest BCUT2D eigenvalue weighted by Crippen LogP contribution is 2.29. The van der Waals surface area contributed by atoms with Crippen molar-refractivity contribution in [3.8, 4) is 0 Å². The number of nitrogens with one attached hydrogen (secondary N) is 1. The molecule has 0 radical (unpaired) electrons. The Morgan fingerprint density at radius 3 is 2.44 bits per heavy atom. The molecule has 90 valence electrons. The zero-order valence-electron chi connectivity index (χ0n) is 10.3. The second kappa shape index (κ2) is 4.67. The van der Waals surface area contributed by atoms with Crippen molar-refractivity contribution in [2.75, 3.05) is 6.54 Å². The summed E-state index contributed by atoms with van der Waals surface area (Å²) in [6, 6.07) is 19.0. The second-order valence-corrected chi connectivity index (χ2v) is 4.54. The lowest BCUT2D eigenvalue weighted by Crippen LogP contribution is -2.53. The van der Waals surface area contributed by atoms with E-state index in [0.717, 1.165) is 6.54 Å². The first kappa shape index (κ1) is 11.1. The van der Waals surface area contributed by atoms with E-state index in [2.05, 4.69) is 71.5 Å². The number of aromatic nitrogens is 1. The first-order valence-electron chi connectivity index (χ1n) is 6.30. The van der Waals surface area contributed by atoms with E-state index in [1.165, 1.54) is 22.0 Å². The first-order chi connectivity index (χ1) is 8.90. The van der Waals surface area contributed by atoms with Gasteiger partial charge in [-0.3, -0.25) is 0 Å². The molecule has 0 amide bonds. The minimum Gasteiger partial charge on any atom is -0.361 e. The highest BCUT2D eigenvalue weighted by Gasteiger charge is 2.17. The summed E-state index contributed by atoms with van der Waals surface area (Å²) in [6.07, 6.45) is 2.12. The maximum Gasteiger partial charge on any atom is 0.0851 e. The van der Waals surface area contributed by atoms with Crippen LogP contribution in [0.25, 0.3) is 10.9 Å². The summed E-state index contributed by atoms with van der Waals surface area (Å²) in [4.78, 5) is 3.34. The Morgan fingerprint density at radius 2 is 1.67 bits per heavy atom. The van der Waals surface area contributed by atoms with Gasteiger partial charge in [0.25, 0.3) is 0 Å². The topological polar surface area (TPSA) is 43.4 Å². The van der Waals surface area contributed by atoms with Gasteiger partial charge in [-0.05, 0) is 17.2 Å². The summed E-state index contributed by atoms with van der Waals surface area (Å²) in [6.45, 7) is 0.867. The Labute approximate surface area is 106 Å². The van der Waals surface area contributed by atoms with Gasteiger partial charge in [-0.15, -0.1) is 0 Å². The molecular weight excluding hydrogens is 220 g/mol. The molecule has 0 aliphatic rings. The smallest absolute Gasteiger partial charge is 0.0851 e. The van der Waals surface area contributed by atoms with E-state index in [0.29, 0.717) is 5.92 Å². The molecule has 0 aliphatic carbocycles. The van der Waals surface area contributed by atoms with Crippen LogP contribution in [0.15, 0.2) is 60.8 Å². The molecular formula is C16H17N2+. The molecule has 2 heteroatoms. The van der Waals surface area contributed by atoms with Gasteiger partial charge < -0.3 is 10.7 Å². The Balaban J connectivity index is 2.12. The van der Waals surface area contributed by atoms with E-state index in [-0.39, 0.29) is 0 Å². The number of rotatable bonds is 3. The van der Waals surface area contributed by atoms with Crippen LogP contribution >= 0.6 is 0 Å². The van der Waals surface area contributed by atoms with Crippen LogP contribution in [-0.4, -0.2) is 11.5 Å². The molecule has 0 saturated heterocycles. The third-order valence-corrected chi connectivity index (χ3v) is 3.49. The van der Waals surface area contributed by atoms with Gasteiger partial charge in [0.15, 0.2) is 0 Å². The lowest BCUT2D eigenvalue weighted by Gasteiger charge is -2.12. The number of hydrogen-bond acceptors (Lipinski definition) is 0. The van der Waals surface area contributed by atoms with Gasteiger partial charge in [-0.1, -0.05) is 48.5 Å². The fraction of sp³-hybridized carbons (Fsp3) is 0.125. The molecule has 18 heavy (non-hydrogen) atoms. The van der Waals surface area contributed by atoms with Gasteiger partial charge >= 0.3 is 0 Å². The van der Waals surface area contributed by atoms with E-state index in [1.54, 1.807) is 0 Å². The Kier molecular flexibility index (Phi) is 2.87. The number of para-hydroxylation sites is 1. The van der Waals surface area contributed by atoms with Crippen molar-refractivity contribution in [2.45, 2.75) is 5.92 Å². The monoisotopic (exact) mass is 237 g/mol. The van der Waals surface area contributed by atoms with Crippen molar-refractivity contribution >= 4 is 10.9 Å². The minimum atomic E-state index is 0.363. The largest absolute Gasteiger partial charge is 0.361 e. The maximum absolute atomic E-state index is 4.11. The van der Waals surface area contributed by atoms with Gasteiger partial charge in [-0.2, -0.15) is 0 Å². The number of benzene rings is 2. The van der Waals surface area contributed by atoms with Crippen molar-refractivity contribution in [3.05, 3.63) is 71.9 Å². The van der Waals surface area contributed by atoms with Crippen LogP contribution in [0.1, 0.15) is 17.0 Å². The van der Waals surface area contributed by atoms with E-state index in [9.17, 15) is 0 Å². The molecule has 0 fully saturated rings. The van der Waals surface area contributed by atoms with E-state index in [1.807, 2.05) is 0 Å². The molecule has 1 heterocycles. The highest BCUT2D eigenvalue weighted by atomic mass is 14.7. The Hall–Kier alpha value is -2.06. The minimum absolute atomic E-state index is 0.363. The van der Waals surface area contributed by atoms with Crippen LogP contribution < -0.4 is 5.73 Å². The molecule has 4 N–H and O–H groups in total. The normalized spacial score (nSPS) is 12.7. The fourth-order valence-corrected chi connectivity index (χ4v) is 2.57. The first-order valence-corrected chi connectivity index (χ1v) is 6.30. The zero-order valence-corrected chi connectivity index (χ0v) is 10.3. The van der Waals surface area contributed by atoms with Crippen molar-refractivity contribution in [2.24, 2.45) is 0 Å². The lowest BCUT2D eigenvalue weighted by atomic mass is 9.91. The third-order valence-electron chi connectivity index (χ3n) is 3.49. The summed E-state index contributed by atoms with van der Waals surface area (Å²) < 4.78 is 0. The van der Waals surface area contributed by atoms with E-state index < -0.39 is 0 Å². The molecule has 3 aromatic rings. The van der Waals surface area contributed by atoms with E-state index in [4.69, 9.17) is 0 Å². The van der Waals surface area contributed by atoms with Crippen LogP contribution in [0.2, 0.25) is 0 Å². The number of hydrogen-bond donors (Lipinski definition) is 2. The molecule has 3 rings (SSSR count). The molecule has 0 bridgehead atoms. The zero-order chi connectivity index (χ0) is 12.4. The average molecular weight is 237 g/mol. The number of aromatic amines is 1. The van der Waals surface area contributed by atoms with Gasteiger partial charge in [0.1, 0.15) is 0 Å². The summed E-state index contributed by atoms with van der Waals surface area (Å²) in [5.74, 6) is 0.363. The van der Waals surface area contributed by atoms with E-state index >= 15 is 0 Å². The average Bonchev–Trinajstić information content (AvgIpc) is 2.85. The van der Waals surface area contributed by atoms with Crippen LogP contribution in [0.3, 0.4) is 0 Å². The van der Waals surface area contributed by atoms with Gasteiger partial charge in [0.2, 0.25) is 0 Å². The number of quaternary nitrogens is 1. The predicted molar refractivity (Wildman–Crippen MR) is 74.3 cm³/mol. The summed E-state index contributed by atoms with van der Waals surface area (Å²) >= 11 is 0. The molecule has 1 atom stereocenters. The fourth-order valence-electron chi connectivity index (χ4n) is 2.57. The predicted octanol–water partition coefficient (Wildman–Crippen LogP) is 2.54. The van der Waals surface area contributed by atoms with Crippen molar-refractivity contribution < 1.29 is 5.73 Å². The summed E-state index contributed by atoms with van der Waals surface area (Å²) in [5, 5.41) is 1.30. The molecule has 0 spiro atoms. The third kappa shape index (κ3) is 1.81. The molecule has 0 aliphatic heterocycles. The lowest BCUT2D eigenvalue weighted by molar-refractivity contribution is -0.370. The van der Waals surface area contributed by atoms with Crippen molar-refractivity contribution in [3.63, 3.8) is 0 Å². The maximum atomic E-state index is 4.11. The SMILES string of the molecule is [NH3+]C[C@@H](c1ccccc1)c1c[nH]c2ccccc12. The summed E-state index contributed by atoms with van der Waals surface area (Å²) in [7, 11) is 0. The highest BCUT2D eigenvalue weighted by molar-refractivity contribution is 5.84.